The van der Waals surface area contributed by atoms with Crippen molar-refractivity contribution in [2.24, 2.45) is 11.8 Å². The molecule has 1 aliphatic heterocycles. The highest BCUT2D eigenvalue weighted by atomic mass is 19.1. The largest absolute Gasteiger partial charge is 0.464 e. The summed E-state index contributed by atoms with van der Waals surface area (Å²) in [4.78, 5) is 28.8. The quantitative estimate of drug-likeness (QED) is 0.763. The van der Waals surface area contributed by atoms with Gasteiger partial charge >= 0.3 is 0 Å². The van der Waals surface area contributed by atoms with Crippen molar-refractivity contribution in [3.05, 3.63) is 59.3 Å². The lowest BCUT2D eigenvalue weighted by atomic mass is 9.95. The highest BCUT2D eigenvalue weighted by Crippen LogP contribution is 2.47. The lowest BCUT2D eigenvalue weighted by molar-refractivity contribution is -0.136. The second-order valence-corrected chi connectivity index (χ2v) is 8.39. The fourth-order valence-electron chi connectivity index (χ4n) is 4.13. The van der Waals surface area contributed by atoms with Gasteiger partial charge in [-0.25, -0.2) is 4.39 Å². The second-order valence-electron chi connectivity index (χ2n) is 8.39. The van der Waals surface area contributed by atoms with Gasteiger partial charge in [0.1, 0.15) is 17.3 Å². The van der Waals surface area contributed by atoms with Crippen molar-refractivity contribution in [3.8, 4) is 0 Å². The molecule has 5 nitrogen and oxygen atoms in total. The zero-order valence-electron chi connectivity index (χ0n) is 16.9. The second kappa shape index (κ2) is 8.01. The van der Waals surface area contributed by atoms with E-state index in [-0.39, 0.29) is 23.5 Å². The monoisotopic (exact) mass is 398 g/mol. The number of likely N-dealkylation sites (tertiary alicyclic amines) is 1. The summed E-state index contributed by atoms with van der Waals surface area (Å²) in [5.41, 5.74) is 0.479. The molecule has 2 aromatic rings. The number of rotatable bonds is 5. The Morgan fingerprint density at radius 2 is 1.79 bits per heavy atom. The number of furan rings is 1. The predicted molar refractivity (Wildman–Crippen MR) is 107 cm³/mol. The first kappa shape index (κ1) is 19.7. The maximum atomic E-state index is 13.1. The third kappa shape index (κ3) is 4.36. The average Bonchev–Trinajstić information content (AvgIpc) is 3.28. The molecule has 2 heterocycles. The van der Waals surface area contributed by atoms with Gasteiger partial charge in [-0.3, -0.25) is 9.59 Å². The molecule has 1 aliphatic carbocycles. The molecule has 1 saturated carbocycles. The molecule has 2 aliphatic rings. The van der Waals surface area contributed by atoms with Crippen molar-refractivity contribution in [3.63, 3.8) is 0 Å². The van der Waals surface area contributed by atoms with Gasteiger partial charge in [-0.1, -0.05) is 6.92 Å². The van der Waals surface area contributed by atoms with Gasteiger partial charge in [0.15, 0.2) is 0 Å². The molecule has 2 fully saturated rings. The normalized spacial score (nSPS) is 21.8. The fraction of sp³-hybridized carbons (Fsp3) is 0.478. The highest BCUT2D eigenvalue weighted by molar-refractivity contribution is 5.94. The third-order valence-electron chi connectivity index (χ3n) is 6.15. The first-order valence-electron chi connectivity index (χ1n) is 10.3. The molecule has 2 atom stereocenters. The molecule has 4 rings (SSSR count). The molecule has 1 saturated heterocycles. The molecular formula is C23H27FN2O3. The van der Waals surface area contributed by atoms with Crippen LogP contribution in [0.2, 0.25) is 0 Å². The van der Waals surface area contributed by atoms with E-state index in [9.17, 15) is 14.0 Å². The van der Waals surface area contributed by atoms with Crippen molar-refractivity contribution >= 4 is 11.8 Å². The zero-order chi connectivity index (χ0) is 20.5. The Bertz CT molecular complexity index is 884. The van der Waals surface area contributed by atoms with Gasteiger partial charge in [-0.2, -0.15) is 0 Å². The summed E-state index contributed by atoms with van der Waals surface area (Å²) in [5, 5.41) is 0. The van der Waals surface area contributed by atoms with Crippen LogP contribution in [0.25, 0.3) is 0 Å². The minimum Gasteiger partial charge on any atom is -0.464 e. The third-order valence-corrected chi connectivity index (χ3v) is 6.15. The van der Waals surface area contributed by atoms with Crippen LogP contribution < -0.4 is 0 Å². The van der Waals surface area contributed by atoms with Gasteiger partial charge in [-0.05, 0) is 61.6 Å². The summed E-state index contributed by atoms with van der Waals surface area (Å²) in [6.45, 7) is 3.75. The van der Waals surface area contributed by atoms with E-state index in [4.69, 9.17) is 4.42 Å². The predicted octanol–water partition coefficient (Wildman–Crippen LogP) is 4.05. The van der Waals surface area contributed by atoms with Crippen LogP contribution in [0.15, 0.2) is 40.8 Å². The minimum atomic E-state index is -0.357. The van der Waals surface area contributed by atoms with Crippen LogP contribution in [0.4, 0.5) is 4.39 Å². The molecule has 0 radical (unpaired) electrons. The minimum absolute atomic E-state index is 0.0878. The lowest BCUT2D eigenvalue weighted by Gasteiger charge is -2.33. The van der Waals surface area contributed by atoms with Crippen LogP contribution in [0, 0.1) is 17.7 Å². The Morgan fingerprint density at radius 1 is 1.14 bits per heavy atom. The van der Waals surface area contributed by atoms with Crippen LogP contribution in [-0.4, -0.2) is 41.8 Å². The van der Waals surface area contributed by atoms with Crippen molar-refractivity contribution in [2.45, 2.75) is 38.6 Å². The molecular weight excluding hydrogens is 371 g/mol. The van der Waals surface area contributed by atoms with Crippen LogP contribution in [-0.2, 0) is 11.3 Å². The molecule has 0 spiro atoms. The summed E-state index contributed by atoms with van der Waals surface area (Å²) < 4.78 is 19.0. The number of piperidine rings is 1. The molecule has 154 valence electrons. The standard InChI is InChI=1S/C23H27FN2O3/c1-15-13-20(15)21-8-7-19(29-21)14-25(2)22(27)17-9-11-26(12-10-17)23(28)16-3-5-18(24)6-4-16/h3-8,15,17,20H,9-14H2,1-2H3. The number of nitrogens with zero attached hydrogens (tertiary/aromatic N) is 2. The van der Waals surface area contributed by atoms with Gasteiger partial charge in [0.25, 0.3) is 5.91 Å². The summed E-state index contributed by atoms with van der Waals surface area (Å²) in [6.07, 6.45) is 2.45. The van der Waals surface area contributed by atoms with E-state index in [2.05, 4.69) is 6.92 Å². The first-order chi connectivity index (χ1) is 13.9. The maximum Gasteiger partial charge on any atom is 0.253 e. The van der Waals surface area contributed by atoms with Gasteiger partial charge in [0.05, 0.1) is 6.54 Å². The Morgan fingerprint density at radius 3 is 2.41 bits per heavy atom. The van der Waals surface area contributed by atoms with Gasteiger partial charge in [0, 0.05) is 37.5 Å². The van der Waals surface area contributed by atoms with Gasteiger partial charge in [0.2, 0.25) is 5.91 Å². The van der Waals surface area contributed by atoms with E-state index in [1.54, 1.807) is 16.8 Å². The van der Waals surface area contributed by atoms with Gasteiger partial charge in [-0.15, -0.1) is 0 Å². The van der Waals surface area contributed by atoms with E-state index in [1.165, 1.54) is 30.7 Å². The van der Waals surface area contributed by atoms with E-state index >= 15 is 0 Å². The number of carbonyl (C=O) groups is 2. The van der Waals surface area contributed by atoms with Crippen molar-refractivity contribution < 1.29 is 18.4 Å². The van der Waals surface area contributed by atoms with Crippen LogP contribution in [0.3, 0.4) is 0 Å². The van der Waals surface area contributed by atoms with E-state index in [0.29, 0.717) is 49.9 Å². The molecule has 0 N–H and O–H groups in total. The summed E-state index contributed by atoms with van der Waals surface area (Å²) in [6, 6.07) is 9.59. The Kier molecular flexibility index (Phi) is 5.43. The topological polar surface area (TPSA) is 53.8 Å². The highest BCUT2D eigenvalue weighted by Gasteiger charge is 2.37. The van der Waals surface area contributed by atoms with Crippen LogP contribution in [0.1, 0.15) is 54.0 Å². The number of halogens is 1. The van der Waals surface area contributed by atoms with E-state index in [1.807, 2.05) is 12.1 Å². The van der Waals surface area contributed by atoms with E-state index < -0.39 is 0 Å². The lowest BCUT2D eigenvalue weighted by Crippen LogP contribution is -2.43. The van der Waals surface area contributed by atoms with Crippen LogP contribution >= 0.6 is 0 Å². The van der Waals surface area contributed by atoms with E-state index in [0.717, 1.165) is 11.5 Å². The summed E-state index contributed by atoms with van der Waals surface area (Å²) in [7, 11) is 1.81. The molecule has 29 heavy (non-hydrogen) atoms. The number of hydrogen-bond acceptors (Lipinski definition) is 3. The average molecular weight is 398 g/mol. The number of carbonyl (C=O) groups excluding carboxylic acids is 2. The smallest absolute Gasteiger partial charge is 0.253 e. The van der Waals surface area contributed by atoms with Crippen molar-refractivity contribution in [2.75, 3.05) is 20.1 Å². The summed E-state index contributed by atoms with van der Waals surface area (Å²) >= 11 is 0. The molecule has 6 heteroatoms. The SMILES string of the molecule is CC1CC1c1ccc(CN(C)C(=O)C2CCN(C(=O)c3ccc(F)cc3)CC2)o1. The Labute approximate surface area is 170 Å². The first-order valence-corrected chi connectivity index (χ1v) is 10.3. The number of amides is 2. The molecule has 2 amide bonds. The maximum absolute atomic E-state index is 13.1. The Hall–Kier alpha value is -2.63. The van der Waals surface area contributed by atoms with Crippen LogP contribution in [0.5, 0.6) is 0 Å². The fourth-order valence-corrected chi connectivity index (χ4v) is 4.13. The summed E-state index contributed by atoms with van der Waals surface area (Å²) in [5.74, 6) is 2.61. The van der Waals surface area contributed by atoms with Crippen molar-refractivity contribution in [1.29, 1.82) is 0 Å². The molecule has 1 aromatic heterocycles. The number of hydrogen-bond donors (Lipinski definition) is 0. The van der Waals surface area contributed by atoms with Crippen molar-refractivity contribution in [1.82, 2.24) is 9.80 Å². The zero-order valence-corrected chi connectivity index (χ0v) is 16.9. The van der Waals surface area contributed by atoms with Gasteiger partial charge < -0.3 is 14.2 Å². The molecule has 1 aromatic carbocycles. The number of benzene rings is 1. The Balaban J connectivity index is 1.28. The molecule has 2 unspecified atom stereocenters. The molecule has 0 bridgehead atoms.